The van der Waals surface area contributed by atoms with Crippen LogP contribution in [0.2, 0.25) is 0 Å². The van der Waals surface area contributed by atoms with Gasteiger partial charge in [0.2, 0.25) is 5.91 Å². The molecule has 1 rings (SSSR count). The first kappa shape index (κ1) is 17.0. The second-order valence-corrected chi connectivity index (χ2v) is 5.39. The molecule has 0 aromatic heterocycles. The van der Waals surface area contributed by atoms with Crippen LogP contribution in [-0.4, -0.2) is 24.1 Å². The zero-order valence-corrected chi connectivity index (χ0v) is 13.1. The summed E-state index contributed by atoms with van der Waals surface area (Å²) < 4.78 is 5.30. The van der Waals surface area contributed by atoms with Crippen LogP contribution in [0.15, 0.2) is 18.2 Å². The van der Waals surface area contributed by atoms with Crippen LogP contribution in [0.25, 0.3) is 0 Å². The number of aryl methyl sites for hydroxylation is 1. The highest BCUT2D eigenvalue weighted by atomic mass is 16.5. The van der Waals surface area contributed by atoms with Gasteiger partial charge in [0.1, 0.15) is 5.75 Å². The van der Waals surface area contributed by atoms with Crippen molar-refractivity contribution in [3.05, 3.63) is 29.3 Å². The van der Waals surface area contributed by atoms with E-state index in [2.05, 4.69) is 5.32 Å². The molecule has 3 atom stereocenters. The number of benzene rings is 1. The first-order chi connectivity index (χ1) is 9.77. The second kappa shape index (κ2) is 7.11. The standard InChI is InChI=1S/C16H23NO4/c1-9-6-7-14(21-5)13(8-9)12(4)17-15(18)10(2)11(3)16(19)20/h6-8,10-12H,1-5H3,(H,17,18)(H,19,20). The number of nitrogens with one attached hydrogen (secondary N) is 1. The van der Waals surface area contributed by atoms with Crippen molar-refractivity contribution in [1.29, 1.82) is 0 Å². The van der Waals surface area contributed by atoms with Crippen molar-refractivity contribution < 1.29 is 19.4 Å². The van der Waals surface area contributed by atoms with Gasteiger partial charge in [0, 0.05) is 11.5 Å². The summed E-state index contributed by atoms with van der Waals surface area (Å²) in [4.78, 5) is 23.1. The van der Waals surface area contributed by atoms with E-state index in [-0.39, 0.29) is 11.9 Å². The number of carbonyl (C=O) groups is 2. The minimum absolute atomic E-state index is 0.254. The molecular weight excluding hydrogens is 270 g/mol. The van der Waals surface area contributed by atoms with Crippen LogP contribution in [0.3, 0.4) is 0 Å². The van der Waals surface area contributed by atoms with Crippen molar-refractivity contribution in [1.82, 2.24) is 5.32 Å². The summed E-state index contributed by atoms with van der Waals surface area (Å²) >= 11 is 0. The first-order valence-corrected chi connectivity index (χ1v) is 6.95. The molecule has 0 radical (unpaired) electrons. The fourth-order valence-electron chi connectivity index (χ4n) is 2.06. The molecule has 2 N–H and O–H groups in total. The Kier molecular flexibility index (Phi) is 5.76. The highest BCUT2D eigenvalue weighted by molar-refractivity contribution is 5.84. The van der Waals surface area contributed by atoms with Gasteiger partial charge >= 0.3 is 5.97 Å². The third kappa shape index (κ3) is 4.21. The van der Waals surface area contributed by atoms with Gasteiger partial charge in [-0.3, -0.25) is 9.59 Å². The fourth-order valence-corrected chi connectivity index (χ4v) is 2.06. The van der Waals surface area contributed by atoms with Crippen molar-refractivity contribution in [2.24, 2.45) is 11.8 Å². The van der Waals surface area contributed by atoms with E-state index in [1.807, 2.05) is 32.0 Å². The third-order valence-corrected chi connectivity index (χ3v) is 3.76. The molecular formula is C16H23NO4. The molecule has 0 aliphatic heterocycles. The van der Waals surface area contributed by atoms with Crippen molar-refractivity contribution in [3.8, 4) is 5.75 Å². The van der Waals surface area contributed by atoms with Crippen molar-refractivity contribution in [2.45, 2.75) is 33.7 Å². The lowest BCUT2D eigenvalue weighted by Crippen LogP contribution is -2.36. The molecule has 0 spiro atoms. The Morgan fingerprint density at radius 3 is 2.33 bits per heavy atom. The van der Waals surface area contributed by atoms with Gasteiger partial charge in [-0.1, -0.05) is 31.5 Å². The molecule has 116 valence electrons. The lowest BCUT2D eigenvalue weighted by atomic mass is 9.94. The van der Waals surface area contributed by atoms with Crippen LogP contribution in [0, 0.1) is 18.8 Å². The molecule has 1 aromatic rings. The highest BCUT2D eigenvalue weighted by Gasteiger charge is 2.27. The molecule has 5 nitrogen and oxygen atoms in total. The van der Waals surface area contributed by atoms with Crippen LogP contribution in [0.4, 0.5) is 0 Å². The predicted octanol–water partition coefficient (Wildman–Crippen LogP) is 2.54. The topological polar surface area (TPSA) is 75.6 Å². The summed E-state index contributed by atoms with van der Waals surface area (Å²) in [7, 11) is 1.58. The predicted molar refractivity (Wildman–Crippen MR) is 80.3 cm³/mol. The number of methoxy groups -OCH3 is 1. The molecule has 0 saturated heterocycles. The first-order valence-electron chi connectivity index (χ1n) is 6.95. The van der Waals surface area contributed by atoms with E-state index in [0.717, 1.165) is 11.1 Å². The summed E-state index contributed by atoms with van der Waals surface area (Å²) in [6, 6.07) is 5.49. The number of amides is 1. The molecule has 21 heavy (non-hydrogen) atoms. The number of rotatable bonds is 6. The SMILES string of the molecule is COc1ccc(C)cc1C(C)NC(=O)C(C)C(C)C(=O)O. The van der Waals surface area contributed by atoms with Gasteiger partial charge in [0.25, 0.3) is 0 Å². The van der Waals surface area contributed by atoms with Crippen LogP contribution in [0.5, 0.6) is 5.75 Å². The van der Waals surface area contributed by atoms with Crippen molar-refractivity contribution in [3.63, 3.8) is 0 Å². The molecule has 0 bridgehead atoms. The minimum atomic E-state index is -0.974. The lowest BCUT2D eigenvalue weighted by molar-refractivity contribution is -0.146. The van der Waals surface area contributed by atoms with Crippen LogP contribution < -0.4 is 10.1 Å². The Bertz CT molecular complexity index is 527. The second-order valence-electron chi connectivity index (χ2n) is 5.39. The molecule has 0 heterocycles. The number of aliphatic carboxylic acids is 1. The zero-order valence-electron chi connectivity index (χ0n) is 13.1. The number of hydrogen-bond donors (Lipinski definition) is 2. The number of carboxylic acid groups (broad SMARTS) is 1. The largest absolute Gasteiger partial charge is 0.496 e. The van der Waals surface area contributed by atoms with Crippen molar-refractivity contribution >= 4 is 11.9 Å². The van der Waals surface area contributed by atoms with Gasteiger partial charge in [-0.05, 0) is 19.9 Å². The molecule has 5 heteroatoms. The van der Waals surface area contributed by atoms with Gasteiger partial charge in [-0.15, -0.1) is 0 Å². The number of ether oxygens (including phenoxy) is 1. The van der Waals surface area contributed by atoms with E-state index in [1.165, 1.54) is 6.92 Å². The summed E-state index contributed by atoms with van der Waals surface area (Å²) in [6.07, 6.45) is 0. The fraction of sp³-hybridized carbons (Fsp3) is 0.500. The number of hydrogen-bond acceptors (Lipinski definition) is 3. The molecule has 3 unspecified atom stereocenters. The molecule has 1 amide bonds. The Labute approximate surface area is 125 Å². The molecule has 1 aromatic carbocycles. The summed E-state index contributed by atoms with van der Waals surface area (Å²) in [5, 5.41) is 11.8. The van der Waals surface area contributed by atoms with E-state index in [0.29, 0.717) is 5.75 Å². The summed E-state index contributed by atoms with van der Waals surface area (Å²) in [5.41, 5.74) is 1.94. The average molecular weight is 293 g/mol. The van der Waals surface area contributed by atoms with Crippen LogP contribution in [-0.2, 0) is 9.59 Å². The minimum Gasteiger partial charge on any atom is -0.496 e. The Morgan fingerprint density at radius 1 is 1.19 bits per heavy atom. The van der Waals surface area contributed by atoms with Crippen LogP contribution >= 0.6 is 0 Å². The van der Waals surface area contributed by atoms with Gasteiger partial charge in [0.15, 0.2) is 0 Å². The zero-order chi connectivity index (χ0) is 16.2. The Hall–Kier alpha value is -2.04. The van der Waals surface area contributed by atoms with Gasteiger partial charge in [-0.2, -0.15) is 0 Å². The Balaban J connectivity index is 2.86. The number of carboxylic acids is 1. The summed E-state index contributed by atoms with van der Waals surface area (Å²) in [6.45, 7) is 6.97. The molecule has 0 aliphatic rings. The van der Waals surface area contributed by atoms with Gasteiger partial charge < -0.3 is 15.2 Å². The molecule has 0 saturated carbocycles. The smallest absolute Gasteiger partial charge is 0.307 e. The van der Waals surface area contributed by atoms with E-state index >= 15 is 0 Å². The Morgan fingerprint density at radius 2 is 1.81 bits per heavy atom. The van der Waals surface area contributed by atoms with E-state index in [1.54, 1.807) is 14.0 Å². The monoisotopic (exact) mass is 293 g/mol. The normalized spacial score (nSPS) is 14.9. The van der Waals surface area contributed by atoms with Crippen LogP contribution in [0.1, 0.15) is 37.9 Å². The third-order valence-electron chi connectivity index (χ3n) is 3.76. The quantitative estimate of drug-likeness (QED) is 0.845. The number of carbonyl (C=O) groups excluding carboxylic acids is 1. The van der Waals surface area contributed by atoms with Crippen molar-refractivity contribution in [2.75, 3.05) is 7.11 Å². The maximum absolute atomic E-state index is 12.1. The van der Waals surface area contributed by atoms with E-state index in [9.17, 15) is 9.59 Å². The molecule has 0 fully saturated rings. The summed E-state index contributed by atoms with van der Waals surface area (Å²) in [5.74, 6) is -1.87. The van der Waals surface area contributed by atoms with Gasteiger partial charge in [0.05, 0.1) is 19.1 Å². The lowest BCUT2D eigenvalue weighted by Gasteiger charge is -2.21. The van der Waals surface area contributed by atoms with E-state index in [4.69, 9.17) is 9.84 Å². The van der Waals surface area contributed by atoms with Gasteiger partial charge in [-0.25, -0.2) is 0 Å². The maximum atomic E-state index is 12.1. The molecule has 0 aliphatic carbocycles. The maximum Gasteiger partial charge on any atom is 0.307 e. The highest BCUT2D eigenvalue weighted by Crippen LogP contribution is 2.26. The van der Waals surface area contributed by atoms with E-state index < -0.39 is 17.8 Å². The average Bonchev–Trinajstić information content (AvgIpc) is 2.45.